The van der Waals surface area contributed by atoms with Crippen LogP contribution in [0.15, 0.2) is 18.2 Å². The lowest BCUT2D eigenvalue weighted by Gasteiger charge is -2.19. The smallest absolute Gasteiger partial charge is 0.126 e. The minimum absolute atomic E-state index is 0.124. The summed E-state index contributed by atoms with van der Waals surface area (Å²) in [6.45, 7) is 6.37. The summed E-state index contributed by atoms with van der Waals surface area (Å²) in [6.07, 6.45) is 0. The Kier molecular flexibility index (Phi) is 4.24. The van der Waals surface area contributed by atoms with Crippen LogP contribution in [0.2, 0.25) is 0 Å². The summed E-state index contributed by atoms with van der Waals surface area (Å²) in [7, 11) is 0. The molecule has 1 aromatic carbocycles. The van der Waals surface area contributed by atoms with Crippen LogP contribution in [0.1, 0.15) is 31.0 Å². The van der Waals surface area contributed by atoms with E-state index in [4.69, 9.17) is 5.73 Å². The van der Waals surface area contributed by atoms with Crippen molar-refractivity contribution in [3.63, 3.8) is 0 Å². The van der Waals surface area contributed by atoms with Crippen molar-refractivity contribution in [1.82, 2.24) is 5.32 Å². The van der Waals surface area contributed by atoms with Crippen molar-refractivity contribution in [1.29, 1.82) is 0 Å². The number of nitrogens with one attached hydrogen (secondary N) is 1. The molecule has 2 atom stereocenters. The molecule has 3 heteroatoms. The summed E-state index contributed by atoms with van der Waals surface area (Å²) >= 11 is 0. The lowest BCUT2D eigenvalue weighted by molar-refractivity contribution is 0.483. The molecular weight excluding hydrogens is 191 g/mol. The number of hydrogen-bond donors (Lipinski definition) is 2. The van der Waals surface area contributed by atoms with E-state index in [2.05, 4.69) is 5.32 Å². The minimum atomic E-state index is -0.151. The van der Waals surface area contributed by atoms with Gasteiger partial charge in [-0.1, -0.05) is 12.1 Å². The predicted octanol–water partition coefficient (Wildman–Crippen LogP) is 2.13. The highest BCUT2D eigenvalue weighted by Crippen LogP contribution is 2.16. The van der Waals surface area contributed by atoms with Gasteiger partial charge in [0.05, 0.1) is 0 Å². The Balaban J connectivity index is 2.73. The first kappa shape index (κ1) is 12.1. The molecule has 15 heavy (non-hydrogen) atoms. The molecule has 0 saturated carbocycles. The van der Waals surface area contributed by atoms with Gasteiger partial charge in [-0.3, -0.25) is 0 Å². The first-order valence-corrected chi connectivity index (χ1v) is 5.26. The SMILES string of the molecule is Cc1ccc(C(C)NC(C)CN)cc1F. The van der Waals surface area contributed by atoms with Gasteiger partial charge >= 0.3 is 0 Å². The summed E-state index contributed by atoms with van der Waals surface area (Å²) in [5.41, 5.74) is 7.15. The predicted molar refractivity (Wildman–Crippen MR) is 61.2 cm³/mol. The van der Waals surface area contributed by atoms with E-state index in [1.165, 1.54) is 0 Å². The maximum absolute atomic E-state index is 13.3. The van der Waals surface area contributed by atoms with Crippen LogP contribution in [0.25, 0.3) is 0 Å². The highest BCUT2D eigenvalue weighted by Gasteiger charge is 2.09. The minimum Gasteiger partial charge on any atom is -0.329 e. The molecule has 0 fully saturated rings. The molecule has 1 aromatic rings. The third kappa shape index (κ3) is 3.29. The Morgan fingerprint density at radius 1 is 1.40 bits per heavy atom. The molecule has 0 saturated heterocycles. The van der Waals surface area contributed by atoms with Crippen molar-refractivity contribution in [2.45, 2.75) is 32.9 Å². The van der Waals surface area contributed by atoms with Crippen LogP contribution in [0, 0.1) is 12.7 Å². The van der Waals surface area contributed by atoms with Crippen molar-refractivity contribution < 1.29 is 4.39 Å². The van der Waals surface area contributed by atoms with Crippen LogP contribution in [0.5, 0.6) is 0 Å². The molecule has 0 bridgehead atoms. The fourth-order valence-electron chi connectivity index (χ4n) is 1.47. The summed E-state index contributed by atoms with van der Waals surface area (Å²) < 4.78 is 13.3. The summed E-state index contributed by atoms with van der Waals surface area (Å²) in [4.78, 5) is 0. The molecular formula is C12H19FN2. The van der Waals surface area contributed by atoms with E-state index in [0.29, 0.717) is 12.1 Å². The number of nitrogens with two attached hydrogens (primary N) is 1. The first-order valence-electron chi connectivity index (χ1n) is 5.26. The quantitative estimate of drug-likeness (QED) is 0.799. The van der Waals surface area contributed by atoms with Gasteiger partial charge in [0.2, 0.25) is 0 Å². The molecule has 1 rings (SSSR count). The average molecular weight is 210 g/mol. The van der Waals surface area contributed by atoms with Crippen LogP contribution in [-0.2, 0) is 0 Å². The van der Waals surface area contributed by atoms with Crippen molar-refractivity contribution >= 4 is 0 Å². The molecule has 0 amide bonds. The topological polar surface area (TPSA) is 38.0 Å². The molecule has 0 aliphatic carbocycles. The first-order chi connectivity index (χ1) is 7.04. The van der Waals surface area contributed by atoms with E-state index in [0.717, 1.165) is 5.56 Å². The standard InChI is InChI=1S/C12H19FN2/c1-8-4-5-11(6-12(8)13)10(3)15-9(2)7-14/h4-6,9-10,15H,7,14H2,1-3H3. The maximum Gasteiger partial charge on any atom is 0.126 e. The monoisotopic (exact) mass is 210 g/mol. The molecule has 0 heterocycles. The summed E-state index contributed by atoms with van der Waals surface area (Å²) in [5, 5.41) is 3.30. The van der Waals surface area contributed by atoms with Gasteiger partial charge in [0.25, 0.3) is 0 Å². The Morgan fingerprint density at radius 3 is 2.60 bits per heavy atom. The van der Waals surface area contributed by atoms with Gasteiger partial charge < -0.3 is 11.1 Å². The molecule has 0 radical (unpaired) electrons. The molecule has 84 valence electrons. The number of hydrogen-bond acceptors (Lipinski definition) is 2. The highest BCUT2D eigenvalue weighted by atomic mass is 19.1. The Bertz CT molecular complexity index is 325. The van der Waals surface area contributed by atoms with Crippen molar-refractivity contribution in [3.05, 3.63) is 35.1 Å². The summed E-state index contributed by atoms with van der Waals surface area (Å²) in [5.74, 6) is -0.151. The average Bonchev–Trinajstić information content (AvgIpc) is 2.21. The second kappa shape index (κ2) is 5.24. The lowest BCUT2D eigenvalue weighted by Crippen LogP contribution is -2.35. The number of aryl methyl sites for hydroxylation is 1. The normalized spacial score (nSPS) is 15.0. The highest BCUT2D eigenvalue weighted by molar-refractivity contribution is 5.25. The zero-order valence-corrected chi connectivity index (χ0v) is 9.55. The molecule has 0 aliphatic rings. The molecule has 0 aliphatic heterocycles. The van der Waals surface area contributed by atoms with Crippen LogP contribution in [0.4, 0.5) is 4.39 Å². The summed E-state index contributed by atoms with van der Waals surface area (Å²) in [6, 6.07) is 5.69. The van der Waals surface area contributed by atoms with Gasteiger partial charge in [-0.2, -0.15) is 0 Å². The van der Waals surface area contributed by atoms with Gasteiger partial charge in [-0.15, -0.1) is 0 Å². The maximum atomic E-state index is 13.3. The third-order valence-electron chi connectivity index (χ3n) is 2.58. The van der Waals surface area contributed by atoms with Gasteiger partial charge in [-0.05, 0) is 38.0 Å². The molecule has 2 nitrogen and oxygen atoms in total. The van der Waals surface area contributed by atoms with Crippen LogP contribution < -0.4 is 11.1 Å². The fraction of sp³-hybridized carbons (Fsp3) is 0.500. The Morgan fingerprint density at radius 2 is 2.07 bits per heavy atom. The largest absolute Gasteiger partial charge is 0.329 e. The van der Waals surface area contributed by atoms with Crippen molar-refractivity contribution in [3.8, 4) is 0 Å². The molecule has 0 spiro atoms. The second-order valence-electron chi connectivity index (χ2n) is 4.03. The second-order valence-corrected chi connectivity index (χ2v) is 4.03. The van der Waals surface area contributed by atoms with Crippen LogP contribution in [0.3, 0.4) is 0 Å². The Hall–Kier alpha value is -0.930. The van der Waals surface area contributed by atoms with Gasteiger partial charge in [-0.25, -0.2) is 4.39 Å². The van der Waals surface area contributed by atoms with E-state index < -0.39 is 0 Å². The third-order valence-corrected chi connectivity index (χ3v) is 2.58. The molecule has 2 unspecified atom stereocenters. The van der Waals surface area contributed by atoms with Crippen LogP contribution >= 0.6 is 0 Å². The number of benzene rings is 1. The van der Waals surface area contributed by atoms with Crippen LogP contribution in [-0.4, -0.2) is 12.6 Å². The van der Waals surface area contributed by atoms with Gasteiger partial charge in [0.15, 0.2) is 0 Å². The van der Waals surface area contributed by atoms with Gasteiger partial charge in [0, 0.05) is 18.6 Å². The molecule has 0 aromatic heterocycles. The van der Waals surface area contributed by atoms with E-state index >= 15 is 0 Å². The fourth-order valence-corrected chi connectivity index (χ4v) is 1.47. The van der Waals surface area contributed by atoms with E-state index in [1.54, 1.807) is 19.1 Å². The Labute approximate surface area is 90.7 Å². The van der Waals surface area contributed by atoms with Gasteiger partial charge in [0.1, 0.15) is 5.82 Å². The molecule has 3 N–H and O–H groups in total. The zero-order chi connectivity index (χ0) is 11.4. The van der Waals surface area contributed by atoms with E-state index in [9.17, 15) is 4.39 Å². The van der Waals surface area contributed by atoms with E-state index in [-0.39, 0.29) is 17.9 Å². The number of rotatable bonds is 4. The zero-order valence-electron chi connectivity index (χ0n) is 9.55. The van der Waals surface area contributed by atoms with Crippen molar-refractivity contribution in [2.24, 2.45) is 5.73 Å². The lowest BCUT2D eigenvalue weighted by atomic mass is 10.1. The number of halogens is 1. The van der Waals surface area contributed by atoms with E-state index in [1.807, 2.05) is 19.9 Å². The van der Waals surface area contributed by atoms with Crippen molar-refractivity contribution in [2.75, 3.05) is 6.54 Å².